The molecule has 0 saturated carbocycles. The first-order valence-electron chi connectivity index (χ1n) is 12.3. The Kier molecular flexibility index (Phi) is 5.54. The van der Waals surface area contributed by atoms with E-state index in [-0.39, 0.29) is 11.8 Å². The number of anilines is 3. The van der Waals surface area contributed by atoms with Crippen LogP contribution >= 0.6 is 0 Å². The molecule has 37 heavy (non-hydrogen) atoms. The number of hydrogen-bond acceptors (Lipinski definition) is 6. The molecule has 1 aliphatic rings. The van der Waals surface area contributed by atoms with Gasteiger partial charge in [-0.3, -0.25) is 4.79 Å². The number of aliphatic hydroxyl groups is 1. The summed E-state index contributed by atoms with van der Waals surface area (Å²) in [5.41, 5.74) is 6.75. The quantitative estimate of drug-likeness (QED) is 0.273. The van der Waals surface area contributed by atoms with E-state index in [1.54, 1.807) is 0 Å². The van der Waals surface area contributed by atoms with Gasteiger partial charge in [0.25, 0.3) is 0 Å². The standard InChI is InChI=1S/C31H27N3O3/c1-18-13-15-21(16-14-18)32-24-17-25(34(3)19(2)29(35)20-9-5-4-6-10-20)28-27-26(24)30(36)22-11-7-8-12-23(22)31(27)37-33-28/h4-17,19,29,32,35H,1-3H3. The van der Waals surface area contributed by atoms with Crippen LogP contribution in [0.2, 0.25) is 0 Å². The Morgan fingerprint density at radius 2 is 1.62 bits per heavy atom. The maximum atomic E-state index is 13.8. The van der Waals surface area contributed by atoms with E-state index < -0.39 is 6.10 Å². The Labute approximate surface area is 215 Å². The van der Waals surface area contributed by atoms with Gasteiger partial charge in [0.05, 0.1) is 34.5 Å². The lowest BCUT2D eigenvalue weighted by Crippen LogP contribution is -2.34. The van der Waals surface area contributed by atoms with Gasteiger partial charge in [0.2, 0.25) is 0 Å². The average Bonchev–Trinajstić information content (AvgIpc) is 3.38. The number of nitrogens with one attached hydrogen (secondary N) is 1. The number of benzene rings is 4. The number of aryl methyl sites for hydroxylation is 1. The first-order valence-corrected chi connectivity index (χ1v) is 12.3. The minimum Gasteiger partial charge on any atom is -0.386 e. The van der Waals surface area contributed by atoms with Crippen molar-refractivity contribution in [2.75, 3.05) is 17.3 Å². The fourth-order valence-electron chi connectivity index (χ4n) is 5.06. The molecule has 184 valence electrons. The molecule has 1 aliphatic carbocycles. The van der Waals surface area contributed by atoms with Gasteiger partial charge < -0.3 is 19.8 Å². The highest BCUT2D eigenvalue weighted by Gasteiger charge is 2.34. The number of aromatic nitrogens is 1. The van der Waals surface area contributed by atoms with Gasteiger partial charge in [-0.2, -0.15) is 0 Å². The van der Waals surface area contributed by atoms with Crippen LogP contribution in [-0.2, 0) is 0 Å². The number of aliphatic hydroxyl groups excluding tert-OH is 1. The lowest BCUT2D eigenvalue weighted by molar-refractivity contribution is 0.104. The van der Waals surface area contributed by atoms with Gasteiger partial charge in [0.1, 0.15) is 5.52 Å². The Morgan fingerprint density at radius 1 is 0.946 bits per heavy atom. The zero-order valence-electron chi connectivity index (χ0n) is 20.9. The van der Waals surface area contributed by atoms with E-state index in [0.29, 0.717) is 33.5 Å². The predicted octanol–water partition coefficient (Wildman–Crippen LogP) is 6.65. The summed E-state index contributed by atoms with van der Waals surface area (Å²) in [5.74, 6) is 0.510. The first-order chi connectivity index (χ1) is 17.9. The molecule has 2 N–H and O–H groups in total. The van der Waals surface area contributed by atoms with Crippen molar-refractivity contribution in [3.63, 3.8) is 0 Å². The molecule has 0 bridgehead atoms. The Balaban J connectivity index is 1.53. The molecule has 6 nitrogen and oxygen atoms in total. The SMILES string of the molecule is Cc1ccc(Nc2cc(N(C)C(C)C(O)c3ccccc3)c3noc4c3c2C(=O)c2ccccc2-4)cc1. The van der Waals surface area contributed by atoms with Gasteiger partial charge in [-0.05, 0) is 37.6 Å². The zero-order valence-corrected chi connectivity index (χ0v) is 20.9. The summed E-state index contributed by atoms with van der Waals surface area (Å²) in [5, 5.41) is 19.8. The first kappa shape index (κ1) is 23.0. The third kappa shape index (κ3) is 3.77. The van der Waals surface area contributed by atoms with Crippen LogP contribution in [0.15, 0.2) is 89.5 Å². The van der Waals surface area contributed by atoms with E-state index in [0.717, 1.165) is 28.1 Å². The molecule has 0 spiro atoms. The molecule has 5 aromatic rings. The van der Waals surface area contributed by atoms with Gasteiger partial charge >= 0.3 is 0 Å². The van der Waals surface area contributed by atoms with Crippen LogP contribution in [0.25, 0.3) is 22.2 Å². The molecule has 1 aromatic heterocycles. The minimum atomic E-state index is -0.726. The highest BCUT2D eigenvalue weighted by atomic mass is 16.5. The molecule has 0 aliphatic heterocycles. The molecule has 6 rings (SSSR count). The smallest absolute Gasteiger partial charge is 0.196 e. The van der Waals surface area contributed by atoms with Crippen molar-refractivity contribution < 1.29 is 14.4 Å². The van der Waals surface area contributed by atoms with Crippen LogP contribution in [-0.4, -0.2) is 29.1 Å². The number of carbonyl (C=O) groups is 1. The molecule has 6 heteroatoms. The average molecular weight is 490 g/mol. The molecule has 0 radical (unpaired) electrons. The molecule has 1 heterocycles. The third-order valence-electron chi connectivity index (χ3n) is 7.30. The molecule has 0 saturated heterocycles. The Morgan fingerprint density at radius 3 is 2.35 bits per heavy atom. The summed E-state index contributed by atoms with van der Waals surface area (Å²) >= 11 is 0. The number of ketones is 1. The second-order valence-corrected chi connectivity index (χ2v) is 9.63. The highest BCUT2D eigenvalue weighted by molar-refractivity contribution is 6.28. The number of nitrogens with zero attached hydrogens (tertiary/aromatic N) is 2. The largest absolute Gasteiger partial charge is 0.386 e. The molecular weight excluding hydrogens is 462 g/mol. The Hall–Kier alpha value is -4.42. The fraction of sp³-hybridized carbons (Fsp3) is 0.161. The molecular formula is C31H27N3O3. The summed E-state index contributed by atoms with van der Waals surface area (Å²) in [6.45, 7) is 4.01. The molecule has 2 atom stereocenters. The number of carbonyl (C=O) groups excluding carboxylic acids is 1. The van der Waals surface area contributed by atoms with Crippen molar-refractivity contribution in [1.82, 2.24) is 5.16 Å². The van der Waals surface area contributed by atoms with Crippen LogP contribution in [0.5, 0.6) is 0 Å². The highest BCUT2D eigenvalue weighted by Crippen LogP contribution is 2.46. The van der Waals surface area contributed by atoms with Crippen molar-refractivity contribution >= 4 is 33.7 Å². The van der Waals surface area contributed by atoms with Gasteiger partial charge in [-0.1, -0.05) is 77.5 Å². The van der Waals surface area contributed by atoms with Crippen LogP contribution in [0.4, 0.5) is 17.1 Å². The van der Waals surface area contributed by atoms with Crippen molar-refractivity contribution in [3.05, 3.63) is 107 Å². The van der Waals surface area contributed by atoms with E-state index in [1.807, 2.05) is 111 Å². The zero-order chi connectivity index (χ0) is 25.7. The second kappa shape index (κ2) is 8.91. The normalized spacial score (nSPS) is 13.8. The number of hydrogen-bond donors (Lipinski definition) is 2. The van der Waals surface area contributed by atoms with Crippen LogP contribution in [0, 0.1) is 6.92 Å². The molecule has 2 unspecified atom stereocenters. The predicted molar refractivity (Wildman–Crippen MR) is 147 cm³/mol. The third-order valence-corrected chi connectivity index (χ3v) is 7.30. The van der Waals surface area contributed by atoms with Crippen LogP contribution in [0.1, 0.15) is 40.1 Å². The molecule has 0 amide bonds. The van der Waals surface area contributed by atoms with Gasteiger partial charge in [-0.15, -0.1) is 0 Å². The summed E-state index contributed by atoms with van der Waals surface area (Å²) in [4.78, 5) is 15.8. The number of fused-ring (bicyclic) bond motifs is 2. The summed E-state index contributed by atoms with van der Waals surface area (Å²) in [6, 6.07) is 26.8. The maximum Gasteiger partial charge on any atom is 0.196 e. The lowest BCUT2D eigenvalue weighted by atomic mass is 9.86. The topological polar surface area (TPSA) is 78.6 Å². The van der Waals surface area contributed by atoms with Gasteiger partial charge in [0, 0.05) is 23.9 Å². The summed E-state index contributed by atoms with van der Waals surface area (Å²) in [6.07, 6.45) is -0.726. The summed E-state index contributed by atoms with van der Waals surface area (Å²) < 4.78 is 5.89. The van der Waals surface area contributed by atoms with E-state index in [4.69, 9.17) is 4.52 Å². The van der Waals surface area contributed by atoms with E-state index in [2.05, 4.69) is 10.5 Å². The Bertz CT molecular complexity index is 1620. The van der Waals surface area contributed by atoms with E-state index in [9.17, 15) is 9.90 Å². The van der Waals surface area contributed by atoms with Crippen LogP contribution < -0.4 is 10.2 Å². The number of likely N-dealkylation sites (N-methyl/N-ethyl adjacent to an activating group) is 1. The van der Waals surface area contributed by atoms with Crippen molar-refractivity contribution in [1.29, 1.82) is 0 Å². The van der Waals surface area contributed by atoms with Gasteiger partial charge in [0.15, 0.2) is 11.5 Å². The van der Waals surface area contributed by atoms with Crippen molar-refractivity contribution in [3.8, 4) is 11.3 Å². The molecule has 0 fully saturated rings. The maximum absolute atomic E-state index is 13.8. The van der Waals surface area contributed by atoms with Crippen molar-refractivity contribution in [2.45, 2.75) is 26.0 Å². The minimum absolute atomic E-state index is 0.0718. The lowest BCUT2D eigenvalue weighted by Gasteiger charge is -2.32. The van der Waals surface area contributed by atoms with Crippen molar-refractivity contribution in [2.24, 2.45) is 0 Å². The monoisotopic (exact) mass is 489 g/mol. The van der Waals surface area contributed by atoms with E-state index in [1.165, 1.54) is 0 Å². The fourth-order valence-corrected chi connectivity index (χ4v) is 5.06. The van der Waals surface area contributed by atoms with E-state index >= 15 is 0 Å². The number of rotatable bonds is 6. The second-order valence-electron chi connectivity index (χ2n) is 9.63. The van der Waals surface area contributed by atoms with Crippen LogP contribution in [0.3, 0.4) is 0 Å². The van der Waals surface area contributed by atoms with Gasteiger partial charge in [-0.25, -0.2) is 0 Å². The summed E-state index contributed by atoms with van der Waals surface area (Å²) in [7, 11) is 1.93. The molecule has 4 aromatic carbocycles.